The maximum Gasteiger partial charge on any atom is 0.323 e. The molecule has 2 amide bonds. The van der Waals surface area contributed by atoms with Crippen LogP contribution in [-0.2, 0) is 6.61 Å². The van der Waals surface area contributed by atoms with Crippen molar-refractivity contribution < 1.29 is 9.53 Å². The Labute approximate surface area is 176 Å². The van der Waals surface area contributed by atoms with Crippen molar-refractivity contribution in [3.05, 3.63) is 100 Å². The average Bonchev–Trinajstić information content (AvgIpc) is 2.75. The molecule has 4 aromatic rings. The van der Waals surface area contributed by atoms with Crippen LogP contribution in [0.4, 0.5) is 16.2 Å². The summed E-state index contributed by atoms with van der Waals surface area (Å²) >= 11 is 6.03. The number of fused-ring (bicyclic) bond motifs is 1. The Morgan fingerprint density at radius 2 is 1.77 bits per heavy atom. The minimum Gasteiger partial charge on any atom is -0.487 e. The number of urea groups is 1. The molecule has 0 bridgehead atoms. The molecule has 0 aliphatic rings. The summed E-state index contributed by atoms with van der Waals surface area (Å²) < 4.78 is 7.18. The number of anilines is 2. The molecule has 0 aliphatic carbocycles. The van der Waals surface area contributed by atoms with Crippen LogP contribution >= 0.6 is 11.6 Å². The smallest absolute Gasteiger partial charge is 0.323 e. The minimum absolute atomic E-state index is 0.153. The van der Waals surface area contributed by atoms with E-state index < -0.39 is 6.03 Å². The Morgan fingerprint density at radius 1 is 1.00 bits per heavy atom. The number of nitrogens with one attached hydrogen (secondary N) is 2. The van der Waals surface area contributed by atoms with E-state index in [0.29, 0.717) is 33.5 Å². The number of amides is 2. The summed E-state index contributed by atoms with van der Waals surface area (Å²) in [7, 11) is 0. The van der Waals surface area contributed by atoms with E-state index in [9.17, 15) is 9.59 Å². The summed E-state index contributed by atoms with van der Waals surface area (Å²) in [6, 6.07) is 20.2. The van der Waals surface area contributed by atoms with Gasteiger partial charge >= 0.3 is 6.03 Å². The zero-order valence-corrected chi connectivity index (χ0v) is 16.5. The van der Waals surface area contributed by atoms with Gasteiger partial charge in [-0.05, 0) is 48.5 Å². The standard InChI is InChI=1S/C22H17ClN4O3/c23-18-5-1-2-6-19(18)26-22(29)25-15-8-10-17(11-9-15)30-14-16-13-21(28)27-12-4-3-7-20(27)24-16/h1-13H,14H2,(H2,25,26,29). The lowest BCUT2D eigenvalue weighted by Crippen LogP contribution is -2.19. The van der Waals surface area contributed by atoms with Crippen LogP contribution in [0.5, 0.6) is 5.75 Å². The predicted octanol–water partition coefficient (Wildman–Crippen LogP) is 4.57. The highest BCUT2D eigenvalue weighted by molar-refractivity contribution is 6.33. The highest BCUT2D eigenvalue weighted by Gasteiger charge is 2.06. The molecule has 0 radical (unpaired) electrons. The largest absolute Gasteiger partial charge is 0.487 e. The van der Waals surface area contributed by atoms with Gasteiger partial charge in [-0.2, -0.15) is 0 Å². The molecule has 0 atom stereocenters. The number of pyridine rings is 1. The zero-order chi connectivity index (χ0) is 20.9. The van der Waals surface area contributed by atoms with E-state index in [1.54, 1.807) is 66.9 Å². The lowest BCUT2D eigenvalue weighted by molar-refractivity contribution is 0.262. The fraction of sp³-hybridized carbons (Fsp3) is 0.0455. The molecule has 4 rings (SSSR count). The van der Waals surface area contributed by atoms with Gasteiger partial charge in [0.25, 0.3) is 5.56 Å². The second-order valence-electron chi connectivity index (χ2n) is 6.39. The summed E-state index contributed by atoms with van der Waals surface area (Å²) in [6.07, 6.45) is 1.67. The molecule has 0 saturated carbocycles. The molecule has 0 spiro atoms. The van der Waals surface area contributed by atoms with E-state index in [2.05, 4.69) is 15.6 Å². The van der Waals surface area contributed by atoms with Crippen LogP contribution in [0.2, 0.25) is 5.02 Å². The van der Waals surface area contributed by atoms with Crippen LogP contribution in [0.25, 0.3) is 5.65 Å². The Bertz CT molecular complexity index is 1260. The first-order valence-electron chi connectivity index (χ1n) is 9.11. The molecule has 0 unspecified atom stereocenters. The number of rotatable bonds is 5. The summed E-state index contributed by atoms with van der Waals surface area (Å²) in [5, 5.41) is 5.87. The first-order chi connectivity index (χ1) is 14.6. The first kappa shape index (κ1) is 19.5. The second kappa shape index (κ2) is 8.67. The normalized spacial score (nSPS) is 10.6. The van der Waals surface area contributed by atoms with Gasteiger partial charge in [0.15, 0.2) is 0 Å². The Balaban J connectivity index is 1.36. The van der Waals surface area contributed by atoms with Crippen LogP contribution in [0.15, 0.2) is 83.8 Å². The number of aromatic nitrogens is 2. The second-order valence-corrected chi connectivity index (χ2v) is 6.79. The Morgan fingerprint density at radius 3 is 2.57 bits per heavy atom. The summed E-state index contributed by atoms with van der Waals surface area (Å²) in [4.78, 5) is 28.7. The van der Waals surface area contributed by atoms with E-state index in [1.165, 1.54) is 10.5 Å². The third-order valence-electron chi connectivity index (χ3n) is 4.25. The average molecular weight is 421 g/mol. The van der Waals surface area contributed by atoms with Crippen LogP contribution in [0.3, 0.4) is 0 Å². The lowest BCUT2D eigenvalue weighted by Gasteiger charge is -2.10. The molecule has 0 fully saturated rings. The van der Waals surface area contributed by atoms with E-state index >= 15 is 0 Å². The van der Waals surface area contributed by atoms with Crippen molar-refractivity contribution in [2.45, 2.75) is 6.61 Å². The maximum absolute atomic E-state index is 12.1. The molecule has 7 nitrogen and oxygen atoms in total. The molecular weight excluding hydrogens is 404 g/mol. The molecule has 8 heteroatoms. The molecule has 2 aromatic heterocycles. The molecular formula is C22H17ClN4O3. The molecule has 2 N–H and O–H groups in total. The van der Waals surface area contributed by atoms with Gasteiger partial charge in [0.2, 0.25) is 0 Å². The van der Waals surface area contributed by atoms with E-state index in [-0.39, 0.29) is 12.2 Å². The van der Waals surface area contributed by atoms with Crippen molar-refractivity contribution in [1.29, 1.82) is 0 Å². The van der Waals surface area contributed by atoms with Crippen LogP contribution in [-0.4, -0.2) is 15.4 Å². The number of benzene rings is 2. The Kier molecular flexibility index (Phi) is 5.63. The first-order valence-corrected chi connectivity index (χ1v) is 9.49. The summed E-state index contributed by atoms with van der Waals surface area (Å²) in [6.45, 7) is 0.153. The molecule has 150 valence electrons. The zero-order valence-electron chi connectivity index (χ0n) is 15.7. The molecule has 2 heterocycles. The highest BCUT2D eigenvalue weighted by atomic mass is 35.5. The fourth-order valence-corrected chi connectivity index (χ4v) is 3.00. The predicted molar refractivity (Wildman–Crippen MR) is 116 cm³/mol. The SMILES string of the molecule is O=C(Nc1ccc(OCc2cc(=O)n3ccccc3n2)cc1)Nc1ccccc1Cl. The van der Waals surface area contributed by atoms with Crippen molar-refractivity contribution in [3.8, 4) is 5.75 Å². The number of nitrogens with zero attached hydrogens (tertiary/aromatic N) is 2. The topological polar surface area (TPSA) is 84.7 Å². The number of para-hydroxylation sites is 1. The van der Waals surface area contributed by atoms with Crippen molar-refractivity contribution in [1.82, 2.24) is 9.38 Å². The number of hydrogen-bond donors (Lipinski definition) is 2. The monoisotopic (exact) mass is 420 g/mol. The molecule has 30 heavy (non-hydrogen) atoms. The molecule has 0 aliphatic heterocycles. The highest BCUT2D eigenvalue weighted by Crippen LogP contribution is 2.21. The van der Waals surface area contributed by atoms with Gasteiger partial charge in [0.1, 0.15) is 18.0 Å². The molecule has 0 saturated heterocycles. The number of carbonyl (C=O) groups is 1. The van der Waals surface area contributed by atoms with Gasteiger partial charge in [0.05, 0.1) is 16.4 Å². The molecule has 2 aromatic carbocycles. The van der Waals surface area contributed by atoms with Gasteiger partial charge in [-0.3, -0.25) is 9.20 Å². The number of ether oxygens (including phenoxy) is 1. The quantitative estimate of drug-likeness (QED) is 0.495. The van der Waals surface area contributed by atoms with Gasteiger partial charge in [-0.1, -0.05) is 29.8 Å². The van der Waals surface area contributed by atoms with Gasteiger partial charge in [-0.25, -0.2) is 9.78 Å². The van der Waals surface area contributed by atoms with Crippen molar-refractivity contribution in [3.63, 3.8) is 0 Å². The number of hydrogen-bond acceptors (Lipinski definition) is 4. The van der Waals surface area contributed by atoms with Crippen molar-refractivity contribution >= 4 is 34.7 Å². The van der Waals surface area contributed by atoms with Crippen molar-refractivity contribution in [2.75, 3.05) is 10.6 Å². The van der Waals surface area contributed by atoms with Crippen molar-refractivity contribution in [2.24, 2.45) is 0 Å². The van der Waals surface area contributed by atoms with Crippen LogP contribution in [0.1, 0.15) is 5.69 Å². The summed E-state index contributed by atoms with van der Waals surface area (Å²) in [5.74, 6) is 0.585. The lowest BCUT2D eigenvalue weighted by atomic mass is 10.3. The fourth-order valence-electron chi connectivity index (χ4n) is 2.82. The number of carbonyl (C=O) groups excluding carboxylic acids is 1. The maximum atomic E-state index is 12.1. The summed E-state index contributed by atoms with van der Waals surface area (Å²) in [5.41, 5.74) is 2.05. The van der Waals surface area contributed by atoms with Gasteiger partial charge in [0, 0.05) is 18.0 Å². The van der Waals surface area contributed by atoms with E-state index in [1.807, 2.05) is 6.07 Å². The van der Waals surface area contributed by atoms with Crippen LogP contribution in [0, 0.1) is 0 Å². The van der Waals surface area contributed by atoms with Gasteiger partial charge in [-0.15, -0.1) is 0 Å². The van der Waals surface area contributed by atoms with E-state index in [0.717, 1.165) is 0 Å². The van der Waals surface area contributed by atoms with Gasteiger partial charge < -0.3 is 15.4 Å². The third-order valence-corrected chi connectivity index (χ3v) is 4.57. The minimum atomic E-state index is -0.405. The van der Waals surface area contributed by atoms with Crippen LogP contribution < -0.4 is 20.9 Å². The third kappa shape index (κ3) is 4.59. The van der Waals surface area contributed by atoms with E-state index in [4.69, 9.17) is 16.3 Å². The number of halogens is 1. The Hall–Kier alpha value is -3.84.